The molecule has 51 heavy (non-hydrogen) atoms. The quantitative estimate of drug-likeness (QED) is 0.174. The van der Waals surface area contributed by atoms with Crippen LogP contribution in [0.25, 0.3) is 60.8 Å². The second-order valence-corrected chi connectivity index (χ2v) is 14.7. The molecular weight excluding hydrogens is 647 g/mol. The highest BCUT2D eigenvalue weighted by atomic mass is 32.2. The first-order chi connectivity index (χ1) is 25.1. The third-order valence-electron chi connectivity index (χ3n) is 9.94. The van der Waals surface area contributed by atoms with Gasteiger partial charge in [-0.05, 0) is 70.4 Å². The Morgan fingerprint density at radius 2 is 0.882 bits per heavy atom. The number of rotatable bonds is 4. The molecule has 2 heterocycles. The molecule has 1 aromatic heterocycles. The van der Waals surface area contributed by atoms with Gasteiger partial charge in [-0.2, -0.15) is 0 Å². The lowest BCUT2D eigenvalue weighted by Gasteiger charge is -2.33. The molecule has 1 aliphatic heterocycles. The maximum Gasteiger partial charge on any atom is 0.210 e. The van der Waals surface area contributed by atoms with Crippen LogP contribution in [0.1, 0.15) is 0 Å². The highest BCUT2D eigenvalue weighted by Gasteiger charge is 2.34. The van der Waals surface area contributed by atoms with E-state index in [0.29, 0.717) is 21.2 Å². The minimum absolute atomic E-state index is 0.311. The van der Waals surface area contributed by atoms with Gasteiger partial charge in [-0.3, -0.25) is 4.57 Å². The molecule has 6 heteroatoms. The van der Waals surface area contributed by atoms with Gasteiger partial charge < -0.3 is 4.90 Å². The molecule has 0 unspecified atom stereocenters. The molecule has 0 amide bonds. The minimum atomic E-state index is -3.62. The summed E-state index contributed by atoms with van der Waals surface area (Å²) >= 11 is 0. The van der Waals surface area contributed by atoms with Gasteiger partial charge in [0.25, 0.3) is 0 Å². The Hall–Kier alpha value is -6.50. The van der Waals surface area contributed by atoms with Crippen molar-refractivity contribution < 1.29 is 8.42 Å². The molecule has 0 fully saturated rings. The summed E-state index contributed by atoms with van der Waals surface area (Å²) in [6.45, 7) is 0. The molecule has 0 saturated heterocycles. The predicted molar refractivity (Wildman–Crippen MR) is 207 cm³/mol. The molecule has 0 aliphatic carbocycles. The van der Waals surface area contributed by atoms with Crippen molar-refractivity contribution in [1.29, 1.82) is 0 Å². The molecule has 242 valence electrons. The van der Waals surface area contributed by atoms with Gasteiger partial charge in [-0.25, -0.2) is 13.4 Å². The second kappa shape index (κ2) is 11.3. The van der Waals surface area contributed by atoms with Crippen LogP contribution in [0, 0.1) is 0 Å². The number of sulfone groups is 1. The molecule has 5 nitrogen and oxygen atoms in total. The van der Waals surface area contributed by atoms with Crippen LogP contribution in [0.2, 0.25) is 0 Å². The maximum absolute atomic E-state index is 13.5. The number of para-hydroxylation sites is 3. The summed E-state index contributed by atoms with van der Waals surface area (Å²) in [5.41, 5.74) is 8.48. The molecule has 1 aliphatic rings. The number of aromatic nitrogens is 2. The number of anilines is 3. The monoisotopic (exact) mass is 675 g/mol. The molecule has 0 atom stereocenters. The third kappa shape index (κ3) is 4.47. The van der Waals surface area contributed by atoms with E-state index >= 15 is 0 Å². The topological polar surface area (TPSA) is 55.2 Å². The Kier molecular flexibility index (Phi) is 6.50. The van der Waals surface area contributed by atoms with Crippen molar-refractivity contribution in [1.82, 2.24) is 9.55 Å². The normalized spacial score (nSPS) is 13.4. The summed E-state index contributed by atoms with van der Waals surface area (Å²) in [6.07, 6.45) is 0. The number of nitrogens with zero attached hydrogens (tertiary/aromatic N) is 3. The summed E-state index contributed by atoms with van der Waals surface area (Å²) < 4.78 is 29.2. The number of benzene rings is 8. The van der Waals surface area contributed by atoms with Crippen LogP contribution in [0.4, 0.5) is 17.1 Å². The van der Waals surface area contributed by atoms with Crippen molar-refractivity contribution in [2.24, 2.45) is 0 Å². The molecule has 0 spiro atoms. The van der Waals surface area contributed by atoms with E-state index in [1.165, 1.54) is 16.2 Å². The highest BCUT2D eigenvalue weighted by Crippen LogP contribution is 2.48. The van der Waals surface area contributed by atoms with Crippen molar-refractivity contribution in [2.75, 3.05) is 4.90 Å². The van der Waals surface area contributed by atoms with Crippen LogP contribution in [0.5, 0.6) is 0 Å². The molecule has 10 rings (SSSR count). The zero-order valence-corrected chi connectivity index (χ0v) is 28.1. The van der Waals surface area contributed by atoms with Gasteiger partial charge in [0.05, 0.1) is 32.2 Å². The highest BCUT2D eigenvalue weighted by molar-refractivity contribution is 7.92. The third-order valence-corrected chi connectivity index (χ3v) is 11.8. The van der Waals surface area contributed by atoms with E-state index < -0.39 is 9.84 Å². The Labute approximate surface area is 295 Å². The Balaban J connectivity index is 1.08. The van der Waals surface area contributed by atoms with Gasteiger partial charge in [0.15, 0.2) is 0 Å². The average Bonchev–Trinajstić information content (AvgIpc) is 3.60. The molecule has 0 saturated carbocycles. The Morgan fingerprint density at radius 1 is 0.412 bits per heavy atom. The van der Waals surface area contributed by atoms with Gasteiger partial charge in [0, 0.05) is 27.7 Å². The van der Waals surface area contributed by atoms with E-state index in [1.54, 1.807) is 24.3 Å². The SMILES string of the molecule is O=S1(=O)c2ccccc2N(c2ccc(-c3ccc(-c4nc5c6ccccc6c6ccccc6c5n4-c4ccccc4)cc3)cc2)c2ccccc21. The zero-order valence-electron chi connectivity index (χ0n) is 27.3. The predicted octanol–water partition coefficient (Wildman–Crippen LogP) is 11.3. The van der Waals surface area contributed by atoms with Gasteiger partial charge in [-0.1, -0.05) is 127 Å². The van der Waals surface area contributed by atoms with Gasteiger partial charge in [0.1, 0.15) is 5.82 Å². The fourth-order valence-electron chi connectivity index (χ4n) is 7.61. The van der Waals surface area contributed by atoms with E-state index in [-0.39, 0.29) is 0 Å². The Morgan fingerprint density at radius 3 is 1.51 bits per heavy atom. The number of fused-ring (bicyclic) bond motifs is 8. The first kappa shape index (κ1) is 29.4. The van der Waals surface area contributed by atoms with Crippen molar-refractivity contribution in [3.63, 3.8) is 0 Å². The summed E-state index contributed by atoms with van der Waals surface area (Å²) in [4.78, 5) is 8.01. The lowest BCUT2D eigenvalue weighted by Crippen LogP contribution is -2.21. The summed E-state index contributed by atoms with van der Waals surface area (Å²) in [5.74, 6) is 0.886. The zero-order chi connectivity index (χ0) is 34.1. The van der Waals surface area contributed by atoms with Crippen molar-refractivity contribution in [3.8, 4) is 28.2 Å². The van der Waals surface area contributed by atoms with Crippen molar-refractivity contribution >= 4 is 59.5 Å². The summed E-state index contributed by atoms with van der Waals surface area (Å²) in [5, 5.41) is 4.71. The first-order valence-corrected chi connectivity index (χ1v) is 18.4. The molecule has 0 radical (unpaired) electrons. The number of hydrogen-bond donors (Lipinski definition) is 0. The second-order valence-electron chi connectivity index (χ2n) is 12.8. The van der Waals surface area contributed by atoms with Crippen LogP contribution in [-0.2, 0) is 9.84 Å². The van der Waals surface area contributed by atoms with Crippen molar-refractivity contribution in [2.45, 2.75) is 9.79 Å². The lowest BCUT2D eigenvalue weighted by atomic mass is 10.00. The molecular formula is C45H29N3O2S. The Bertz CT molecular complexity index is 2860. The van der Waals surface area contributed by atoms with Gasteiger partial charge in [0.2, 0.25) is 9.84 Å². The number of imidazole rings is 1. The minimum Gasteiger partial charge on any atom is -0.308 e. The van der Waals surface area contributed by atoms with Crippen LogP contribution < -0.4 is 4.90 Å². The van der Waals surface area contributed by atoms with E-state index in [2.05, 4.69) is 126 Å². The maximum atomic E-state index is 13.5. The van der Waals surface area contributed by atoms with E-state index in [4.69, 9.17) is 4.98 Å². The first-order valence-electron chi connectivity index (χ1n) is 16.9. The fourth-order valence-corrected chi connectivity index (χ4v) is 9.23. The van der Waals surface area contributed by atoms with Gasteiger partial charge in [-0.15, -0.1) is 0 Å². The molecule has 8 aromatic carbocycles. The molecule has 0 bridgehead atoms. The summed E-state index contributed by atoms with van der Waals surface area (Å²) in [7, 11) is -3.62. The van der Waals surface area contributed by atoms with Crippen LogP contribution in [0.3, 0.4) is 0 Å². The van der Waals surface area contributed by atoms with E-state index in [9.17, 15) is 8.42 Å². The van der Waals surface area contributed by atoms with Crippen LogP contribution >= 0.6 is 0 Å². The van der Waals surface area contributed by atoms with Gasteiger partial charge >= 0.3 is 0 Å². The van der Waals surface area contributed by atoms with E-state index in [1.807, 2.05) is 35.2 Å². The average molecular weight is 676 g/mol. The fraction of sp³-hybridized carbons (Fsp3) is 0. The smallest absolute Gasteiger partial charge is 0.210 e. The van der Waals surface area contributed by atoms with Crippen molar-refractivity contribution in [3.05, 3.63) is 176 Å². The van der Waals surface area contributed by atoms with Crippen LogP contribution in [-0.4, -0.2) is 18.0 Å². The van der Waals surface area contributed by atoms with Crippen LogP contribution in [0.15, 0.2) is 186 Å². The lowest BCUT2D eigenvalue weighted by molar-refractivity contribution is 0.595. The largest absolute Gasteiger partial charge is 0.308 e. The van der Waals surface area contributed by atoms with E-state index in [0.717, 1.165) is 50.3 Å². The summed E-state index contributed by atoms with van der Waals surface area (Å²) in [6, 6.07) is 58.9. The molecule has 0 N–H and O–H groups in total. The molecule has 9 aromatic rings. The number of hydrogen-bond acceptors (Lipinski definition) is 4. The standard InChI is InChI=1S/C45H29N3O2S/c49-51(50)41-20-10-8-18-39(41)47(40-19-9-11-21-42(40)51)34-28-26-31(27-29-34)30-22-24-32(25-23-30)45-46-43-37-16-6-4-14-35(37)36-15-5-7-17-38(36)44(43)48(45)33-12-2-1-3-13-33/h1-29H.